The van der Waals surface area contributed by atoms with Gasteiger partial charge in [0.05, 0.1) is 20.8 Å². The van der Waals surface area contributed by atoms with Gasteiger partial charge in [-0.1, -0.05) is 36.4 Å². The van der Waals surface area contributed by atoms with Crippen molar-refractivity contribution in [2.75, 3.05) is 41.0 Å². The number of methoxy groups -OCH3 is 2. The fourth-order valence-electron chi connectivity index (χ4n) is 2.87. The van der Waals surface area contributed by atoms with Gasteiger partial charge in [0.15, 0.2) is 17.5 Å². The van der Waals surface area contributed by atoms with E-state index in [9.17, 15) is 0 Å². The van der Waals surface area contributed by atoms with Gasteiger partial charge in [-0.15, -0.1) is 0 Å². The molecular weight excluding hydrogens is 366 g/mol. The van der Waals surface area contributed by atoms with E-state index < -0.39 is 0 Å². The molecule has 2 aromatic rings. The summed E-state index contributed by atoms with van der Waals surface area (Å²) in [6.07, 6.45) is 3.02. The lowest BCUT2D eigenvalue weighted by Crippen LogP contribution is -2.37. The van der Waals surface area contributed by atoms with Crippen molar-refractivity contribution in [2.45, 2.75) is 25.8 Å². The van der Waals surface area contributed by atoms with Crippen LogP contribution in [0.1, 0.15) is 24.0 Å². The lowest BCUT2D eigenvalue weighted by atomic mass is 10.2. The van der Waals surface area contributed by atoms with E-state index in [0.29, 0.717) is 6.54 Å². The van der Waals surface area contributed by atoms with E-state index in [1.54, 1.807) is 21.3 Å². The molecule has 0 saturated carbocycles. The molecule has 0 heterocycles. The Bertz CT molecular complexity index is 735. The van der Waals surface area contributed by atoms with E-state index in [1.165, 1.54) is 5.56 Å². The third-order valence-electron chi connectivity index (χ3n) is 4.52. The van der Waals surface area contributed by atoms with Crippen LogP contribution in [0.2, 0.25) is 0 Å². The third-order valence-corrected chi connectivity index (χ3v) is 4.52. The number of unbranched alkanes of at least 4 members (excludes halogenated alkanes) is 1. The van der Waals surface area contributed by atoms with E-state index in [2.05, 4.69) is 39.9 Å². The molecule has 0 radical (unpaired) electrons. The topological polar surface area (TPSA) is 64.1 Å². The summed E-state index contributed by atoms with van der Waals surface area (Å²) in [5, 5.41) is 6.65. The minimum Gasteiger partial charge on any atom is -0.493 e. The molecule has 2 N–H and O–H groups in total. The van der Waals surface area contributed by atoms with Crippen molar-refractivity contribution in [1.29, 1.82) is 0 Å². The number of hydrogen-bond donors (Lipinski definition) is 2. The van der Waals surface area contributed by atoms with Crippen molar-refractivity contribution in [3.63, 3.8) is 0 Å². The molecule has 0 aliphatic carbocycles. The molecule has 0 atom stereocenters. The second-order valence-electron chi connectivity index (χ2n) is 6.60. The molecule has 0 bridgehead atoms. The summed E-state index contributed by atoms with van der Waals surface area (Å²) < 4.78 is 16.3. The van der Waals surface area contributed by atoms with Gasteiger partial charge in [-0.3, -0.25) is 4.99 Å². The first-order valence-electron chi connectivity index (χ1n) is 10.0. The maximum atomic E-state index is 5.72. The maximum Gasteiger partial charge on any atom is 0.191 e. The van der Waals surface area contributed by atoms with Crippen LogP contribution in [0.5, 0.6) is 11.5 Å². The normalized spacial score (nSPS) is 11.2. The van der Waals surface area contributed by atoms with Crippen LogP contribution in [-0.2, 0) is 17.7 Å². The first-order chi connectivity index (χ1) is 14.3. The summed E-state index contributed by atoms with van der Waals surface area (Å²) in [5.74, 6) is 2.23. The van der Waals surface area contributed by atoms with Crippen LogP contribution in [0.4, 0.5) is 0 Å². The van der Waals surface area contributed by atoms with Gasteiger partial charge in [0.2, 0.25) is 0 Å². The van der Waals surface area contributed by atoms with Gasteiger partial charge in [0.1, 0.15) is 0 Å². The number of rotatable bonds is 12. The first-order valence-corrected chi connectivity index (χ1v) is 10.0. The van der Waals surface area contributed by atoms with Crippen LogP contribution in [-0.4, -0.2) is 47.0 Å². The van der Waals surface area contributed by atoms with E-state index in [4.69, 9.17) is 14.2 Å². The minimum atomic E-state index is 0.655. The van der Waals surface area contributed by atoms with Gasteiger partial charge in [-0.05, 0) is 42.5 Å². The molecule has 0 saturated heterocycles. The monoisotopic (exact) mass is 399 g/mol. The highest BCUT2D eigenvalue weighted by Crippen LogP contribution is 2.27. The molecule has 2 aromatic carbocycles. The number of aliphatic imine (C=N–C) groups is 1. The van der Waals surface area contributed by atoms with Crippen LogP contribution in [0.25, 0.3) is 0 Å². The van der Waals surface area contributed by atoms with Crippen LogP contribution < -0.4 is 20.1 Å². The first kappa shape index (κ1) is 22.6. The van der Waals surface area contributed by atoms with Crippen molar-refractivity contribution in [1.82, 2.24) is 10.6 Å². The Morgan fingerprint density at radius 3 is 2.38 bits per heavy atom. The summed E-state index contributed by atoms with van der Waals surface area (Å²) in [6, 6.07) is 16.3. The van der Waals surface area contributed by atoms with Gasteiger partial charge in [-0.2, -0.15) is 0 Å². The van der Waals surface area contributed by atoms with E-state index in [-0.39, 0.29) is 0 Å². The molecule has 158 valence electrons. The predicted molar refractivity (Wildman–Crippen MR) is 118 cm³/mol. The maximum absolute atomic E-state index is 5.72. The fourth-order valence-corrected chi connectivity index (χ4v) is 2.87. The summed E-state index contributed by atoms with van der Waals surface area (Å²) >= 11 is 0. The highest BCUT2D eigenvalue weighted by molar-refractivity contribution is 5.79. The summed E-state index contributed by atoms with van der Waals surface area (Å²) in [4.78, 5) is 4.27. The number of hydrogen-bond acceptors (Lipinski definition) is 4. The summed E-state index contributed by atoms with van der Waals surface area (Å²) in [5.41, 5.74) is 2.41. The minimum absolute atomic E-state index is 0.655. The van der Waals surface area contributed by atoms with E-state index >= 15 is 0 Å². The number of nitrogens with one attached hydrogen (secondary N) is 2. The lowest BCUT2D eigenvalue weighted by Gasteiger charge is -2.13. The van der Waals surface area contributed by atoms with Crippen molar-refractivity contribution in [2.24, 2.45) is 4.99 Å². The second kappa shape index (κ2) is 13.4. The molecule has 0 aliphatic heterocycles. The largest absolute Gasteiger partial charge is 0.493 e. The van der Waals surface area contributed by atoms with Crippen LogP contribution in [0, 0.1) is 0 Å². The van der Waals surface area contributed by atoms with Gasteiger partial charge in [-0.25, -0.2) is 0 Å². The lowest BCUT2D eigenvalue weighted by molar-refractivity contribution is 0.133. The molecule has 0 spiro atoms. The molecule has 6 heteroatoms. The highest BCUT2D eigenvalue weighted by Gasteiger charge is 2.05. The van der Waals surface area contributed by atoms with E-state index in [1.807, 2.05) is 24.3 Å². The van der Waals surface area contributed by atoms with Crippen molar-refractivity contribution in [3.05, 3.63) is 59.7 Å². The predicted octanol–water partition coefficient (Wildman–Crippen LogP) is 3.41. The van der Waals surface area contributed by atoms with Crippen LogP contribution in [0.15, 0.2) is 53.5 Å². The average Bonchev–Trinajstić information content (AvgIpc) is 2.78. The van der Waals surface area contributed by atoms with Crippen molar-refractivity contribution < 1.29 is 14.2 Å². The smallest absolute Gasteiger partial charge is 0.191 e. The van der Waals surface area contributed by atoms with Crippen molar-refractivity contribution >= 4 is 5.96 Å². The van der Waals surface area contributed by atoms with Gasteiger partial charge >= 0.3 is 0 Å². The third kappa shape index (κ3) is 8.44. The van der Waals surface area contributed by atoms with Crippen LogP contribution >= 0.6 is 0 Å². The number of nitrogens with zero attached hydrogens (tertiary/aromatic N) is 1. The quantitative estimate of drug-likeness (QED) is 0.325. The zero-order chi connectivity index (χ0) is 20.7. The zero-order valence-electron chi connectivity index (χ0n) is 17.7. The summed E-state index contributed by atoms with van der Waals surface area (Å²) in [6.45, 7) is 3.06. The molecule has 0 aromatic heterocycles. The molecule has 0 unspecified atom stereocenters. The standard InChI is InChI=1S/C23H33N3O3/c1-24-23(26-18-20-11-12-21(27-2)22(17-20)28-3)25-14-7-8-15-29-16-13-19-9-5-4-6-10-19/h4-6,9-12,17H,7-8,13-16,18H2,1-3H3,(H2,24,25,26). The zero-order valence-corrected chi connectivity index (χ0v) is 17.7. The van der Waals surface area contributed by atoms with E-state index in [0.717, 1.165) is 62.0 Å². The molecule has 6 nitrogen and oxygen atoms in total. The molecule has 0 fully saturated rings. The number of benzene rings is 2. The van der Waals surface area contributed by atoms with Crippen molar-refractivity contribution in [3.8, 4) is 11.5 Å². The Kier molecular flexibility index (Phi) is 10.5. The molecule has 29 heavy (non-hydrogen) atoms. The number of guanidine groups is 1. The Morgan fingerprint density at radius 1 is 0.862 bits per heavy atom. The average molecular weight is 400 g/mol. The van der Waals surface area contributed by atoms with Gasteiger partial charge in [0.25, 0.3) is 0 Å². The SMILES string of the molecule is CN=C(NCCCCOCCc1ccccc1)NCc1ccc(OC)c(OC)c1. The fraction of sp³-hybridized carbons (Fsp3) is 0.435. The van der Waals surface area contributed by atoms with Gasteiger partial charge < -0.3 is 24.8 Å². The molecule has 0 aliphatic rings. The molecule has 0 amide bonds. The Labute approximate surface area is 174 Å². The molecule has 2 rings (SSSR count). The number of ether oxygens (including phenoxy) is 3. The highest BCUT2D eigenvalue weighted by atomic mass is 16.5. The summed E-state index contributed by atoms with van der Waals surface area (Å²) in [7, 11) is 5.05. The van der Waals surface area contributed by atoms with Crippen LogP contribution in [0.3, 0.4) is 0 Å². The Morgan fingerprint density at radius 2 is 1.66 bits per heavy atom. The molecular formula is C23H33N3O3. The second-order valence-corrected chi connectivity index (χ2v) is 6.60. The Balaban J connectivity index is 1.57. The Hall–Kier alpha value is -2.73. The van der Waals surface area contributed by atoms with Gasteiger partial charge in [0, 0.05) is 26.7 Å².